The lowest BCUT2D eigenvalue weighted by Gasteiger charge is -2.38. The molecule has 98 valence electrons. The first-order chi connectivity index (χ1) is 8.39. The van der Waals surface area contributed by atoms with Gasteiger partial charge in [0.05, 0.1) is 5.38 Å². The maximum Gasteiger partial charge on any atom is 0.154 e. The molecular weight excluding hydrogens is 244 g/mol. The van der Waals surface area contributed by atoms with Crippen LogP contribution >= 0.6 is 11.6 Å². The molecule has 1 aromatic carbocycles. The van der Waals surface area contributed by atoms with Crippen LogP contribution in [0.1, 0.15) is 45.1 Å². The topological polar surface area (TPSA) is 17.1 Å². The molecule has 1 saturated carbocycles. The Labute approximate surface area is 115 Å². The second-order valence-electron chi connectivity index (χ2n) is 6.37. The van der Waals surface area contributed by atoms with Crippen LogP contribution in [0.5, 0.6) is 0 Å². The Morgan fingerprint density at radius 3 is 2.28 bits per heavy atom. The Hall–Kier alpha value is -0.820. The van der Waals surface area contributed by atoms with Gasteiger partial charge < -0.3 is 0 Å². The van der Waals surface area contributed by atoms with Gasteiger partial charge in [-0.15, -0.1) is 11.6 Å². The van der Waals surface area contributed by atoms with Crippen molar-refractivity contribution >= 4 is 17.4 Å². The smallest absolute Gasteiger partial charge is 0.154 e. The van der Waals surface area contributed by atoms with Crippen LogP contribution in [0.25, 0.3) is 0 Å². The Morgan fingerprint density at radius 2 is 1.72 bits per heavy atom. The fourth-order valence-corrected chi connectivity index (χ4v) is 3.23. The van der Waals surface area contributed by atoms with E-state index in [2.05, 4.69) is 45.0 Å². The molecule has 2 heteroatoms. The molecule has 0 radical (unpaired) electrons. The molecule has 1 fully saturated rings. The molecule has 18 heavy (non-hydrogen) atoms. The van der Waals surface area contributed by atoms with Crippen molar-refractivity contribution in [1.29, 1.82) is 0 Å². The summed E-state index contributed by atoms with van der Waals surface area (Å²) in [5.41, 5.74) is 1.31. The number of benzene rings is 1. The van der Waals surface area contributed by atoms with Crippen LogP contribution in [0, 0.1) is 11.3 Å². The molecule has 0 amide bonds. The molecule has 0 heterocycles. The van der Waals surface area contributed by atoms with Crippen LogP contribution < -0.4 is 0 Å². The molecular formula is C16H21ClO. The molecule has 3 atom stereocenters. The minimum atomic E-state index is -0.326. The molecule has 0 aliphatic heterocycles. The Bertz CT molecular complexity index is 418. The van der Waals surface area contributed by atoms with E-state index in [4.69, 9.17) is 11.6 Å². The van der Waals surface area contributed by atoms with Gasteiger partial charge in [-0.05, 0) is 29.7 Å². The molecule has 0 aromatic heterocycles. The lowest BCUT2D eigenvalue weighted by atomic mass is 9.67. The summed E-state index contributed by atoms with van der Waals surface area (Å²) in [6.45, 7) is 6.39. The highest BCUT2D eigenvalue weighted by Crippen LogP contribution is 2.43. The highest BCUT2D eigenvalue weighted by Gasteiger charge is 2.41. The fraction of sp³-hybridized carbons (Fsp3) is 0.562. The third-order valence-corrected chi connectivity index (χ3v) is 4.37. The number of carbonyl (C=O) groups is 1. The summed E-state index contributed by atoms with van der Waals surface area (Å²) in [6.07, 6.45) is 1.70. The standard InChI is InChI=1S/C16H21ClO/c1-16(2,3)13-9-12(10-14(17)15(13)18)11-7-5-4-6-8-11/h4-8,12-14H,9-10H2,1-3H3. The van der Waals surface area contributed by atoms with Crippen LogP contribution in [-0.2, 0) is 4.79 Å². The predicted octanol–water partition coefficient (Wildman–Crippen LogP) is 4.40. The number of carbonyl (C=O) groups excluding carboxylic acids is 1. The van der Waals surface area contributed by atoms with Crippen molar-refractivity contribution in [3.63, 3.8) is 0 Å². The van der Waals surface area contributed by atoms with Crippen molar-refractivity contribution in [2.24, 2.45) is 11.3 Å². The first kappa shape index (κ1) is 13.6. The summed E-state index contributed by atoms with van der Waals surface area (Å²) < 4.78 is 0. The predicted molar refractivity (Wildman–Crippen MR) is 76.0 cm³/mol. The van der Waals surface area contributed by atoms with Gasteiger partial charge in [0, 0.05) is 5.92 Å². The largest absolute Gasteiger partial charge is 0.298 e. The average molecular weight is 265 g/mol. The van der Waals surface area contributed by atoms with Gasteiger partial charge in [0.1, 0.15) is 0 Å². The SMILES string of the molecule is CC(C)(C)C1CC(c2ccccc2)CC(Cl)C1=O. The molecule has 1 aliphatic carbocycles. The van der Waals surface area contributed by atoms with Crippen molar-refractivity contribution in [1.82, 2.24) is 0 Å². The number of alkyl halides is 1. The number of rotatable bonds is 1. The number of hydrogen-bond donors (Lipinski definition) is 0. The lowest BCUT2D eigenvalue weighted by molar-refractivity contribution is -0.128. The minimum absolute atomic E-state index is 0.00231. The zero-order valence-electron chi connectivity index (χ0n) is 11.3. The second-order valence-corrected chi connectivity index (χ2v) is 6.89. The van der Waals surface area contributed by atoms with Crippen molar-refractivity contribution in [2.45, 2.75) is 44.9 Å². The third kappa shape index (κ3) is 2.77. The summed E-state index contributed by atoms with van der Waals surface area (Å²) >= 11 is 6.26. The van der Waals surface area contributed by atoms with E-state index in [1.54, 1.807) is 0 Å². The van der Waals surface area contributed by atoms with Gasteiger partial charge in [-0.25, -0.2) is 0 Å². The molecule has 0 saturated heterocycles. The highest BCUT2D eigenvalue weighted by molar-refractivity contribution is 6.31. The van der Waals surface area contributed by atoms with Crippen molar-refractivity contribution < 1.29 is 4.79 Å². The Balaban J connectivity index is 2.24. The van der Waals surface area contributed by atoms with Crippen LogP contribution in [0.2, 0.25) is 0 Å². The molecule has 0 spiro atoms. The maximum atomic E-state index is 12.2. The van der Waals surface area contributed by atoms with E-state index in [9.17, 15) is 4.79 Å². The summed E-state index contributed by atoms with van der Waals surface area (Å²) in [5, 5.41) is -0.326. The first-order valence-corrected chi connectivity index (χ1v) is 7.06. The van der Waals surface area contributed by atoms with E-state index in [-0.39, 0.29) is 22.5 Å². The van der Waals surface area contributed by atoms with Crippen LogP contribution in [0.15, 0.2) is 30.3 Å². The number of halogens is 1. The first-order valence-electron chi connectivity index (χ1n) is 6.62. The van der Waals surface area contributed by atoms with Gasteiger partial charge in [0.2, 0.25) is 0 Å². The average Bonchev–Trinajstić information content (AvgIpc) is 2.32. The maximum absolute atomic E-state index is 12.2. The van der Waals surface area contributed by atoms with Crippen molar-refractivity contribution in [2.75, 3.05) is 0 Å². The van der Waals surface area contributed by atoms with E-state index >= 15 is 0 Å². The third-order valence-electron chi connectivity index (χ3n) is 3.98. The molecule has 1 aliphatic rings. The van der Waals surface area contributed by atoms with E-state index in [1.807, 2.05) is 6.07 Å². The van der Waals surface area contributed by atoms with Gasteiger partial charge in [-0.2, -0.15) is 0 Å². The number of hydrogen-bond acceptors (Lipinski definition) is 1. The van der Waals surface area contributed by atoms with Crippen LogP contribution in [0.3, 0.4) is 0 Å². The van der Waals surface area contributed by atoms with Gasteiger partial charge in [-0.1, -0.05) is 51.1 Å². The van der Waals surface area contributed by atoms with E-state index in [0.717, 1.165) is 12.8 Å². The summed E-state index contributed by atoms with van der Waals surface area (Å²) in [5.74, 6) is 0.714. The summed E-state index contributed by atoms with van der Waals surface area (Å²) in [7, 11) is 0. The van der Waals surface area contributed by atoms with Crippen molar-refractivity contribution in [3.05, 3.63) is 35.9 Å². The van der Waals surface area contributed by atoms with Crippen LogP contribution in [0.4, 0.5) is 0 Å². The Morgan fingerprint density at radius 1 is 1.11 bits per heavy atom. The molecule has 1 nitrogen and oxygen atoms in total. The van der Waals surface area contributed by atoms with Crippen LogP contribution in [-0.4, -0.2) is 11.2 Å². The second kappa shape index (κ2) is 5.05. The van der Waals surface area contributed by atoms with E-state index in [1.165, 1.54) is 5.56 Å². The minimum Gasteiger partial charge on any atom is -0.298 e. The molecule has 3 unspecified atom stereocenters. The monoisotopic (exact) mass is 264 g/mol. The number of ketones is 1. The molecule has 0 bridgehead atoms. The molecule has 2 rings (SSSR count). The van der Waals surface area contributed by atoms with Gasteiger partial charge in [0.25, 0.3) is 0 Å². The number of Topliss-reactive ketones (excluding diaryl/α,β-unsaturated/α-hetero) is 1. The lowest BCUT2D eigenvalue weighted by Crippen LogP contribution is -2.40. The summed E-state index contributed by atoms with van der Waals surface area (Å²) in [6, 6.07) is 10.4. The zero-order valence-corrected chi connectivity index (χ0v) is 12.1. The molecule has 1 aromatic rings. The summed E-state index contributed by atoms with van der Waals surface area (Å²) in [4.78, 5) is 12.2. The van der Waals surface area contributed by atoms with E-state index < -0.39 is 0 Å². The normalized spacial score (nSPS) is 29.3. The van der Waals surface area contributed by atoms with E-state index in [0.29, 0.717) is 5.92 Å². The van der Waals surface area contributed by atoms with Crippen molar-refractivity contribution in [3.8, 4) is 0 Å². The highest BCUT2D eigenvalue weighted by atomic mass is 35.5. The molecule has 0 N–H and O–H groups in total. The van der Waals surface area contributed by atoms with Gasteiger partial charge in [-0.3, -0.25) is 4.79 Å². The Kier molecular flexibility index (Phi) is 3.82. The van der Waals surface area contributed by atoms with Gasteiger partial charge in [0.15, 0.2) is 5.78 Å². The quantitative estimate of drug-likeness (QED) is 0.687. The fourth-order valence-electron chi connectivity index (χ4n) is 2.86. The van der Waals surface area contributed by atoms with Gasteiger partial charge >= 0.3 is 0 Å². The zero-order chi connectivity index (χ0) is 13.3.